The minimum Gasteiger partial charge on any atom is -0.330 e. The third-order valence-electron chi connectivity index (χ3n) is 3.11. The highest BCUT2D eigenvalue weighted by atomic mass is 19.2. The third-order valence-corrected chi connectivity index (χ3v) is 3.11. The van der Waals surface area contributed by atoms with Crippen LogP contribution in [-0.4, -0.2) is 6.54 Å². The van der Waals surface area contributed by atoms with E-state index in [2.05, 4.69) is 0 Å². The summed E-state index contributed by atoms with van der Waals surface area (Å²) in [5, 5.41) is 0. The van der Waals surface area contributed by atoms with Crippen LogP contribution >= 0.6 is 0 Å². The molecular weight excluding hydrogens is 227 g/mol. The van der Waals surface area contributed by atoms with Gasteiger partial charge in [0.05, 0.1) is 0 Å². The first-order valence-corrected chi connectivity index (χ1v) is 5.68. The molecule has 0 aromatic heterocycles. The Kier molecular flexibility index (Phi) is 4.57. The SMILES string of the molecule is Cc1ccc(C(F)C(CN)C(C)C)c(F)c1F. The Labute approximate surface area is 99.8 Å². The highest BCUT2D eigenvalue weighted by Crippen LogP contribution is 2.33. The van der Waals surface area contributed by atoms with Gasteiger partial charge < -0.3 is 5.73 Å². The van der Waals surface area contributed by atoms with Crippen molar-refractivity contribution in [2.24, 2.45) is 17.6 Å². The molecule has 0 fully saturated rings. The fourth-order valence-corrected chi connectivity index (χ4v) is 1.83. The lowest BCUT2D eigenvalue weighted by Gasteiger charge is -2.23. The van der Waals surface area contributed by atoms with Crippen molar-refractivity contribution >= 4 is 0 Å². The van der Waals surface area contributed by atoms with E-state index in [0.29, 0.717) is 0 Å². The summed E-state index contributed by atoms with van der Waals surface area (Å²) < 4.78 is 41.1. The molecule has 0 spiro atoms. The Hall–Kier alpha value is -1.03. The van der Waals surface area contributed by atoms with Gasteiger partial charge in [0.15, 0.2) is 11.6 Å². The molecule has 0 aliphatic rings. The molecule has 2 unspecified atom stereocenters. The van der Waals surface area contributed by atoms with Crippen LogP contribution in [0.1, 0.15) is 31.1 Å². The summed E-state index contributed by atoms with van der Waals surface area (Å²) in [7, 11) is 0. The molecule has 1 nitrogen and oxygen atoms in total. The second-order valence-corrected chi connectivity index (χ2v) is 4.64. The summed E-state index contributed by atoms with van der Waals surface area (Å²) in [5.74, 6) is -2.62. The first kappa shape index (κ1) is 14.0. The molecule has 17 heavy (non-hydrogen) atoms. The van der Waals surface area contributed by atoms with Gasteiger partial charge in [0.25, 0.3) is 0 Å². The van der Waals surface area contributed by atoms with Gasteiger partial charge in [0.2, 0.25) is 0 Å². The van der Waals surface area contributed by atoms with Crippen molar-refractivity contribution in [2.75, 3.05) is 6.54 Å². The molecule has 0 bridgehead atoms. The molecular formula is C13H18F3N. The molecule has 2 atom stereocenters. The van der Waals surface area contributed by atoms with E-state index in [1.165, 1.54) is 19.1 Å². The molecule has 2 N–H and O–H groups in total. The number of aryl methyl sites for hydroxylation is 1. The zero-order chi connectivity index (χ0) is 13.2. The van der Waals surface area contributed by atoms with Gasteiger partial charge in [0, 0.05) is 11.5 Å². The summed E-state index contributed by atoms with van der Waals surface area (Å²) in [5.41, 5.74) is 5.41. The maximum Gasteiger partial charge on any atom is 0.165 e. The fourth-order valence-electron chi connectivity index (χ4n) is 1.83. The highest BCUT2D eigenvalue weighted by molar-refractivity contribution is 5.27. The predicted molar refractivity (Wildman–Crippen MR) is 62.3 cm³/mol. The maximum absolute atomic E-state index is 14.1. The molecule has 4 heteroatoms. The largest absolute Gasteiger partial charge is 0.330 e. The molecule has 0 amide bonds. The maximum atomic E-state index is 14.1. The van der Waals surface area contributed by atoms with Crippen LogP contribution in [-0.2, 0) is 0 Å². The van der Waals surface area contributed by atoms with Crippen LogP contribution < -0.4 is 5.73 Å². The monoisotopic (exact) mass is 245 g/mol. The zero-order valence-corrected chi connectivity index (χ0v) is 10.3. The molecule has 0 aliphatic heterocycles. The van der Waals surface area contributed by atoms with E-state index in [1.807, 2.05) is 13.8 Å². The average molecular weight is 245 g/mol. The molecule has 1 aromatic carbocycles. The van der Waals surface area contributed by atoms with Crippen LogP contribution in [0.5, 0.6) is 0 Å². The van der Waals surface area contributed by atoms with E-state index in [0.717, 1.165) is 0 Å². The van der Waals surface area contributed by atoms with Gasteiger partial charge in [-0.25, -0.2) is 13.2 Å². The second-order valence-electron chi connectivity index (χ2n) is 4.64. The number of rotatable bonds is 4. The number of nitrogens with two attached hydrogens (primary N) is 1. The van der Waals surface area contributed by atoms with Crippen LogP contribution in [0.3, 0.4) is 0 Å². The minimum atomic E-state index is -1.57. The smallest absolute Gasteiger partial charge is 0.165 e. The van der Waals surface area contributed by atoms with Crippen molar-refractivity contribution in [3.8, 4) is 0 Å². The van der Waals surface area contributed by atoms with Gasteiger partial charge in [-0.15, -0.1) is 0 Å². The zero-order valence-electron chi connectivity index (χ0n) is 10.3. The van der Waals surface area contributed by atoms with Gasteiger partial charge in [-0.3, -0.25) is 0 Å². The van der Waals surface area contributed by atoms with E-state index in [9.17, 15) is 13.2 Å². The predicted octanol–water partition coefficient (Wildman–Crippen LogP) is 3.51. The summed E-state index contributed by atoms with van der Waals surface area (Å²) >= 11 is 0. The first-order valence-electron chi connectivity index (χ1n) is 5.68. The molecule has 1 rings (SSSR count). The molecule has 0 saturated carbocycles. The number of alkyl halides is 1. The standard InChI is InChI=1S/C13H18F3N/c1-7(2)10(6-17)12(15)9-5-4-8(3)11(14)13(9)16/h4-5,7,10,12H,6,17H2,1-3H3. The minimum absolute atomic E-state index is 0.0289. The van der Waals surface area contributed by atoms with E-state index in [1.54, 1.807) is 0 Å². The number of benzene rings is 1. The van der Waals surface area contributed by atoms with E-state index < -0.39 is 23.7 Å². The molecule has 1 aromatic rings. The lowest BCUT2D eigenvalue weighted by Crippen LogP contribution is -2.25. The first-order chi connectivity index (χ1) is 7.90. The van der Waals surface area contributed by atoms with Gasteiger partial charge >= 0.3 is 0 Å². The molecule has 96 valence electrons. The molecule has 0 heterocycles. The Balaban J connectivity index is 3.12. The van der Waals surface area contributed by atoms with E-state index in [-0.39, 0.29) is 23.6 Å². The second kappa shape index (κ2) is 5.54. The highest BCUT2D eigenvalue weighted by Gasteiger charge is 2.28. The molecule has 0 radical (unpaired) electrons. The van der Waals surface area contributed by atoms with Crippen molar-refractivity contribution < 1.29 is 13.2 Å². The van der Waals surface area contributed by atoms with Gasteiger partial charge in [-0.1, -0.05) is 26.0 Å². The van der Waals surface area contributed by atoms with Crippen molar-refractivity contribution in [1.29, 1.82) is 0 Å². The number of hydrogen-bond donors (Lipinski definition) is 1. The quantitative estimate of drug-likeness (QED) is 0.863. The van der Waals surface area contributed by atoms with Crippen LogP contribution in [0, 0.1) is 30.4 Å². The van der Waals surface area contributed by atoms with Crippen molar-refractivity contribution in [3.05, 3.63) is 34.9 Å². The van der Waals surface area contributed by atoms with Crippen molar-refractivity contribution in [3.63, 3.8) is 0 Å². The summed E-state index contributed by atoms with van der Waals surface area (Å²) in [6, 6.07) is 2.68. The van der Waals surface area contributed by atoms with Crippen LogP contribution in [0.25, 0.3) is 0 Å². The normalized spacial score (nSPS) is 15.1. The Morgan fingerprint density at radius 1 is 1.18 bits per heavy atom. The Morgan fingerprint density at radius 2 is 1.76 bits per heavy atom. The number of hydrogen-bond acceptors (Lipinski definition) is 1. The van der Waals surface area contributed by atoms with Crippen LogP contribution in [0.2, 0.25) is 0 Å². The summed E-state index contributed by atoms with van der Waals surface area (Å²) in [6.07, 6.45) is -1.57. The van der Waals surface area contributed by atoms with E-state index in [4.69, 9.17) is 5.73 Å². The van der Waals surface area contributed by atoms with Crippen molar-refractivity contribution in [1.82, 2.24) is 0 Å². The van der Waals surface area contributed by atoms with E-state index >= 15 is 0 Å². The summed E-state index contributed by atoms with van der Waals surface area (Å²) in [4.78, 5) is 0. The van der Waals surface area contributed by atoms with Crippen LogP contribution in [0.15, 0.2) is 12.1 Å². The lowest BCUT2D eigenvalue weighted by atomic mass is 9.87. The summed E-state index contributed by atoms with van der Waals surface area (Å²) in [6.45, 7) is 5.17. The molecule has 0 saturated heterocycles. The van der Waals surface area contributed by atoms with Gasteiger partial charge in [-0.05, 0) is 24.9 Å². The fraction of sp³-hybridized carbons (Fsp3) is 0.538. The number of halogens is 3. The van der Waals surface area contributed by atoms with Gasteiger partial charge in [0.1, 0.15) is 6.17 Å². The van der Waals surface area contributed by atoms with Crippen molar-refractivity contribution in [2.45, 2.75) is 26.9 Å². The Morgan fingerprint density at radius 3 is 2.24 bits per heavy atom. The topological polar surface area (TPSA) is 26.0 Å². The third kappa shape index (κ3) is 2.80. The average Bonchev–Trinajstić information content (AvgIpc) is 2.26. The Bertz CT molecular complexity index is 390. The molecule has 0 aliphatic carbocycles. The van der Waals surface area contributed by atoms with Crippen LogP contribution in [0.4, 0.5) is 13.2 Å². The lowest BCUT2D eigenvalue weighted by molar-refractivity contribution is 0.182. The van der Waals surface area contributed by atoms with Gasteiger partial charge in [-0.2, -0.15) is 0 Å².